The van der Waals surface area contributed by atoms with Gasteiger partial charge in [0.1, 0.15) is 0 Å². The third-order valence-electron chi connectivity index (χ3n) is 7.51. The van der Waals surface area contributed by atoms with Crippen molar-refractivity contribution in [1.82, 2.24) is 14.4 Å². The van der Waals surface area contributed by atoms with Gasteiger partial charge in [-0.1, -0.05) is 66.8 Å². The predicted molar refractivity (Wildman–Crippen MR) is 144 cm³/mol. The molecule has 6 aromatic rings. The Balaban J connectivity index is 1.32. The van der Waals surface area contributed by atoms with Crippen molar-refractivity contribution < 1.29 is 0 Å². The van der Waals surface area contributed by atoms with E-state index in [-0.39, 0.29) is 0 Å². The quantitative estimate of drug-likeness (QED) is 0.257. The van der Waals surface area contributed by atoms with Gasteiger partial charge in [-0.2, -0.15) is 0 Å². The minimum atomic E-state index is 0.719. The summed E-state index contributed by atoms with van der Waals surface area (Å²) in [4.78, 5) is 9.01. The monoisotopic (exact) mass is 447 g/mol. The topological polar surface area (TPSA) is 30.2 Å². The van der Waals surface area contributed by atoms with Crippen LogP contribution in [0.2, 0.25) is 0 Å². The fourth-order valence-corrected chi connectivity index (χ4v) is 5.94. The first-order valence-electron chi connectivity index (χ1n) is 12.1. The molecule has 3 heteroatoms. The molecule has 35 heavy (non-hydrogen) atoms. The van der Waals surface area contributed by atoms with Crippen LogP contribution in [0.25, 0.3) is 61.9 Å². The molecule has 3 nitrogen and oxygen atoms in total. The lowest BCUT2D eigenvalue weighted by atomic mass is 9.80. The van der Waals surface area contributed by atoms with Crippen molar-refractivity contribution in [3.05, 3.63) is 114 Å². The molecule has 2 aliphatic rings. The van der Waals surface area contributed by atoms with Crippen LogP contribution in [0.15, 0.2) is 91.4 Å². The fourth-order valence-electron chi connectivity index (χ4n) is 5.94. The Labute approximate surface area is 202 Å². The van der Waals surface area contributed by atoms with Crippen LogP contribution in [0.1, 0.15) is 22.3 Å². The van der Waals surface area contributed by atoms with Gasteiger partial charge in [-0.25, -0.2) is 9.97 Å². The van der Waals surface area contributed by atoms with Gasteiger partial charge < -0.3 is 0 Å². The van der Waals surface area contributed by atoms with Crippen molar-refractivity contribution in [2.45, 2.75) is 12.8 Å². The highest BCUT2D eigenvalue weighted by molar-refractivity contribution is 6.17. The molecule has 0 saturated carbocycles. The summed E-state index contributed by atoms with van der Waals surface area (Å²) in [5.74, 6) is 0.719. The summed E-state index contributed by atoms with van der Waals surface area (Å²) in [6.45, 7) is 0. The van der Waals surface area contributed by atoms with Crippen LogP contribution in [0.3, 0.4) is 0 Å². The Bertz CT molecular complexity index is 1850. The van der Waals surface area contributed by atoms with Crippen molar-refractivity contribution in [1.29, 1.82) is 0 Å². The molecule has 0 amide bonds. The van der Waals surface area contributed by atoms with E-state index in [1.807, 2.05) is 22.9 Å². The number of nitrogens with zero attached hydrogens (tertiary/aromatic N) is 3. The lowest BCUT2D eigenvalue weighted by molar-refractivity contribution is 1.11. The molecule has 2 aliphatic carbocycles. The second-order valence-corrected chi connectivity index (χ2v) is 9.46. The molecule has 0 aliphatic heterocycles. The first-order chi connectivity index (χ1) is 17.3. The fraction of sp³-hybridized carbons (Fsp3) is 0.0625. The minimum Gasteiger partial charge on any atom is -0.291 e. The molecular formula is C32H21N3. The van der Waals surface area contributed by atoms with Crippen molar-refractivity contribution in [3.8, 4) is 22.4 Å². The highest BCUT2D eigenvalue weighted by Crippen LogP contribution is 2.43. The zero-order valence-corrected chi connectivity index (χ0v) is 19.1. The van der Waals surface area contributed by atoms with Crippen molar-refractivity contribution in [2.24, 2.45) is 0 Å². The molecule has 164 valence electrons. The van der Waals surface area contributed by atoms with E-state index in [1.54, 1.807) is 6.20 Å². The summed E-state index contributed by atoms with van der Waals surface area (Å²) in [6, 6.07) is 22.2. The first-order valence-corrected chi connectivity index (χ1v) is 12.1. The van der Waals surface area contributed by atoms with Gasteiger partial charge in [0.15, 0.2) is 0 Å². The number of hydrogen-bond donors (Lipinski definition) is 0. The van der Waals surface area contributed by atoms with Crippen LogP contribution >= 0.6 is 0 Å². The van der Waals surface area contributed by atoms with E-state index in [2.05, 4.69) is 88.9 Å². The number of rotatable bonds is 2. The summed E-state index contributed by atoms with van der Waals surface area (Å²) < 4.78 is 1.96. The largest absolute Gasteiger partial charge is 0.291 e. The number of benzene rings is 4. The lowest BCUT2D eigenvalue weighted by Gasteiger charge is -2.24. The second kappa shape index (κ2) is 7.00. The first kappa shape index (κ1) is 18.9. The number of hydrogen-bond acceptors (Lipinski definition) is 2. The maximum absolute atomic E-state index is 4.67. The SMILES string of the molecule is C1=Cc2cccc3c2c(c2c4c(cc(-c5ccc(-c6cn7cccnc7n6)cc5)cc43)C=CC2)C1. The molecule has 0 atom stereocenters. The maximum Gasteiger partial charge on any atom is 0.234 e. The normalized spacial score (nSPS) is 13.8. The average molecular weight is 448 g/mol. The van der Waals surface area contributed by atoms with Gasteiger partial charge in [0.25, 0.3) is 0 Å². The molecule has 2 heterocycles. The van der Waals surface area contributed by atoms with E-state index in [0.29, 0.717) is 0 Å². The number of imidazole rings is 1. The Morgan fingerprint density at radius 3 is 2.29 bits per heavy atom. The number of aromatic nitrogens is 3. The standard InChI is InChI=1S/C32H21N3/c1-5-22-6-2-10-27-28-18-24(17-23-7-3-9-26(31(23)28)25(8-1)30(22)27)20-11-13-21(14-12-20)29-19-35-16-4-15-33-32(35)34-29/h1-7,10-19H,8-9H2. The predicted octanol–water partition coefficient (Wildman–Crippen LogP) is 7.51. The molecule has 0 unspecified atom stereocenters. The van der Waals surface area contributed by atoms with E-state index < -0.39 is 0 Å². The van der Waals surface area contributed by atoms with E-state index >= 15 is 0 Å². The van der Waals surface area contributed by atoms with Crippen LogP contribution in [0.4, 0.5) is 0 Å². The summed E-state index contributed by atoms with van der Waals surface area (Å²) in [5.41, 5.74) is 10.2. The van der Waals surface area contributed by atoms with E-state index in [1.165, 1.54) is 54.9 Å². The Hall–Kier alpha value is -4.50. The van der Waals surface area contributed by atoms with Gasteiger partial charge in [0.05, 0.1) is 5.69 Å². The van der Waals surface area contributed by atoms with Gasteiger partial charge >= 0.3 is 0 Å². The zero-order chi connectivity index (χ0) is 22.9. The van der Waals surface area contributed by atoms with Crippen molar-refractivity contribution >= 4 is 39.5 Å². The highest BCUT2D eigenvalue weighted by Gasteiger charge is 2.21. The number of allylic oxidation sites excluding steroid dienone is 2. The van der Waals surface area contributed by atoms with Crippen molar-refractivity contribution in [2.75, 3.05) is 0 Å². The maximum atomic E-state index is 4.67. The number of fused-ring (bicyclic) bond motifs is 3. The molecule has 0 saturated heterocycles. The van der Waals surface area contributed by atoms with Crippen LogP contribution in [-0.2, 0) is 12.8 Å². The van der Waals surface area contributed by atoms with Gasteiger partial charge in [-0.3, -0.25) is 4.40 Å². The smallest absolute Gasteiger partial charge is 0.234 e. The van der Waals surface area contributed by atoms with Gasteiger partial charge in [-0.15, -0.1) is 0 Å². The van der Waals surface area contributed by atoms with E-state index in [9.17, 15) is 0 Å². The van der Waals surface area contributed by atoms with Crippen LogP contribution in [-0.4, -0.2) is 14.4 Å². The zero-order valence-electron chi connectivity index (χ0n) is 19.1. The molecule has 0 bridgehead atoms. The second-order valence-electron chi connectivity index (χ2n) is 9.46. The van der Waals surface area contributed by atoms with Crippen LogP contribution in [0, 0.1) is 0 Å². The van der Waals surface area contributed by atoms with Crippen LogP contribution < -0.4 is 0 Å². The molecule has 0 fully saturated rings. The Kier molecular flexibility index (Phi) is 3.78. The van der Waals surface area contributed by atoms with Crippen LogP contribution in [0.5, 0.6) is 0 Å². The summed E-state index contributed by atoms with van der Waals surface area (Å²) >= 11 is 0. The summed E-state index contributed by atoms with van der Waals surface area (Å²) in [5, 5.41) is 5.60. The van der Waals surface area contributed by atoms with Gasteiger partial charge in [0, 0.05) is 24.2 Å². The molecule has 4 aromatic carbocycles. The van der Waals surface area contributed by atoms with Gasteiger partial charge in [0.2, 0.25) is 5.78 Å². The lowest BCUT2D eigenvalue weighted by Crippen LogP contribution is -2.04. The molecule has 0 N–H and O–H groups in total. The Morgan fingerprint density at radius 1 is 0.686 bits per heavy atom. The third kappa shape index (κ3) is 2.72. The summed E-state index contributed by atoms with van der Waals surface area (Å²) in [7, 11) is 0. The third-order valence-corrected chi connectivity index (χ3v) is 7.51. The molecule has 2 aromatic heterocycles. The summed E-state index contributed by atoms with van der Waals surface area (Å²) in [6.07, 6.45) is 17.0. The average Bonchev–Trinajstić information content (AvgIpc) is 3.36. The molecule has 8 rings (SSSR count). The van der Waals surface area contributed by atoms with E-state index in [4.69, 9.17) is 0 Å². The molecule has 0 spiro atoms. The van der Waals surface area contributed by atoms with Crippen molar-refractivity contribution in [3.63, 3.8) is 0 Å². The molecular weight excluding hydrogens is 426 g/mol. The molecule has 0 radical (unpaired) electrons. The Morgan fingerprint density at radius 2 is 1.46 bits per heavy atom. The van der Waals surface area contributed by atoms with Gasteiger partial charge in [-0.05, 0) is 86.0 Å². The highest BCUT2D eigenvalue weighted by atomic mass is 15.1. The minimum absolute atomic E-state index is 0.719. The van der Waals surface area contributed by atoms with E-state index in [0.717, 1.165) is 29.9 Å².